The second kappa shape index (κ2) is 7.17. The second-order valence-electron chi connectivity index (χ2n) is 4.65. The Balaban J connectivity index is 2.28. The number of nitrogens with zero attached hydrogens (tertiary/aromatic N) is 1. The smallest absolute Gasteiger partial charge is 0.254 e. The van der Waals surface area contributed by atoms with Crippen molar-refractivity contribution >= 4 is 17.2 Å². The van der Waals surface area contributed by atoms with Crippen molar-refractivity contribution < 1.29 is 19.0 Å². The van der Waals surface area contributed by atoms with Gasteiger partial charge in [0.1, 0.15) is 0 Å². The molecule has 0 aliphatic heterocycles. The molecule has 0 fully saturated rings. The molecule has 1 amide bonds. The summed E-state index contributed by atoms with van der Waals surface area (Å²) in [5.74, 6) is 1.31. The second-order valence-corrected chi connectivity index (χ2v) is 5.69. The third kappa shape index (κ3) is 3.33. The zero-order valence-electron chi connectivity index (χ0n) is 13.1. The fourth-order valence-corrected chi connectivity index (χ4v) is 2.89. The van der Waals surface area contributed by atoms with Gasteiger partial charge in [-0.1, -0.05) is 6.07 Å². The van der Waals surface area contributed by atoms with E-state index in [0.717, 1.165) is 4.88 Å². The molecule has 1 aromatic heterocycles. The fraction of sp³-hybridized carbons (Fsp3) is 0.312. The molecule has 0 aliphatic rings. The first-order valence-corrected chi connectivity index (χ1v) is 7.56. The number of methoxy groups -OCH3 is 3. The lowest BCUT2D eigenvalue weighted by atomic mass is 10.1. The van der Waals surface area contributed by atoms with Gasteiger partial charge < -0.3 is 19.1 Å². The molecule has 5 nitrogen and oxygen atoms in total. The van der Waals surface area contributed by atoms with Crippen LogP contribution in [0.25, 0.3) is 0 Å². The van der Waals surface area contributed by atoms with E-state index in [4.69, 9.17) is 14.2 Å². The molecule has 0 saturated heterocycles. The summed E-state index contributed by atoms with van der Waals surface area (Å²) >= 11 is 1.62. The summed E-state index contributed by atoms with van der Waals surface area (Å²) in [6, 6.07) is 7.30. The lowest BCUT2D eigenvalue weighted by Gasteiger charge is -2.18. The van der Waals surface area contributed by atoms with Gasteiger partial charge in [-0.3, -0.25) is 4.79 Å². The number of hydrogen-bond donors (Lipinski definition) is 0. The monoisotopic (exact) mass is 321 g/mol. The average Bonchev–Trinajstić information content (AvgIpc) is 3.05. The molecule has 1 aromatic carbocycles. The van der Waals surface area contributed by atoms with Gasteiger partial charge >= 0.3 is 0 Å². The zero-order valence-corrected chi connectivity index (χ0v) is 13.9. The highest BCUT2D eigenvalue weighted by atomic mass is 32.1. The Labute approximate surface area is 134 Å². The molecule has 118 valence electrons. The topological polar surface area (TPSA) is 48.0 Å². The highest BCUT2D eigenvalue weighted by Crippen LogP contribution is 2.38. The Kier molecular flexibility index (Phi) is 5.27. The van der Waals surface area contributed by atoms with E-state index in [-0.39, 0.29) is 5.91 Å². The summed E-state index contributed by atoms with van der Waals surface area (Å²) in [6.45, 7) is 0.563. The van der Waals surface area contributed by atoms with Crippen molar-refractivity contribution in [2.45, 2.75) is 6.54 Å². The maximum Gasteiger partial charge on any atom is 0.254 e. The van der Waals surface area contributed by atoms with Crippen molar-refractivity contribution in [1.29, 1.82) is 0 Å². The molecule has 0 aliphatic carbocycles. The van der Waals surface area contributed by atoms with Gasteiger partial charge in [-0.15, -0.1) is 11.3 Å². The van der Waals surface area contributed by atoms with E-state index in [1.54, 1.807) is 35.4 Å². The van der Waals surface area contributed by atoms with Crippen LogP contribution in [0.4, 0.5) is 0 Å². The van der Waals surface area contributed by atoms with Gasteiger partial charge in [-0.25, -0.2) is 0 Å². The van der Waals surface area contributed by atoms with Gasteiger partial charge in [0, 0.05) is 17.5 Å². The van der Waals surface area contributed by atoms with E-state index >= 15 is 0 Å². The summed E-state index contributed by atoms with van der Waals surface area (Å²) in [7, 11) is 6.36. The van der Waals surface area contributed by atoms with Gasteiger partial charge in [0.25, 0.3) is 5.91 Å². The number of benzene rings is 1. The van der Waals surface area contributed by atoms with Crippen LogP contribution in [0.5, 0.6) is 17.2 Å². The number of ether oxygens (including phenoxy) is 3. The lowest BCUT2D eigenvalue weighted by molar-refractivity contribution is 0.0785. The van der Waals surface area contributed by atoms with Crippen molar-refractivity contribution in [3.05, 3.63) is 40.1 Å². The first kappa shape index (κ1) is 16.2. The highest BCUT2D eigenvalue weighted by Gasteiger charge is 2.19. The van der Waals surface area contributed by atoms with E-state index in [1.165, 1.54) is 21.3 Å². The molecule has 0 saturated carbocycles. The summed E-state index contributed by atoms with van der Waals surface area (Å²) in [6.07, 6.45) is 0. The van der Waals surface area contributed by atoms with Crippen molar-refractivity contribution in [3.8, 4) is 17.2 Å². The molecule has 1 heterocycles. The van der Waals surface area contributed by atoms with Gasteiger partial charge in [-0.05, 0) is 23.6 Å². The SMILES string of the molecule is COc1cc(C(=O)N(C)Cc2cccs2)cc(OC)c1OC. The van der Waals surface area contributed by atoms with Gasteiger partial charge in [0.15, 0.2) is 11.5 Å². The lowest BCUT2D eigenvalue weighted by Crippen LogP contribution is -2.25. The Morgan fingerprint density at radius 2 is 1.77 bits per heavy atom. The van der Waals surface area contributed by atoms with Crippen molar-refractivity contribution in [2.75, 3.05) is 28.4 Å². The minimum Gasteiger partial charge on any atom is -0.493 e. The molecule has 0 unspecified atom stereocenters. The normalized spacial score (nSPS) is 10.2. The molecule has 0 N–H and O–H groups in total. The van der Waals surface area contributed by atoms with E-state index in [9.17, 15) is 4.79 Å². The predicted octanol–water partition coefficient (Wildman–Crippen LogP) is 3.05. The Morgan fingerprint density at radius 3 is 2.23 bits per heavy atom. The summed E-state index contributed by atoms with van der Waals surface area (Å²) < 4.78 is 15.8. The number of hydrogen-bond acceptors (Lipinski definition) is 5. The molecule has 2 aromatic rings. The molecule has 22 heavy (non-hydrogen) atoms. The van der Waals surface area contributed by atoms with Crippen LogP contribution in [0.3, 0.4) is 0 Å². The van der Waals surface area contributed by atoms with Crippen LogP contribution in [0.1, 0.15) is 15.2 Å². The summed E-state index contributed by atoms with van der Waals surface area (Å²) in [5.41, 5.74) is 0.494. The van der Waals surface area contributed by atoms with Crippen LogP contribution < -0.4 is 14.2 Å². The number of thiophene rings is 1. The number of carbonyl (C=O) groups excluding carboxylic acids is 1. The van der Waals surface area contributed by atoms with E-state index in [1.807, 2.05) is 17.5 Å². The average molecular weight is 321 g/mol. The first-order chi connectivity index (χ1) is 10.6. The van der Waals surface area contributed by atoms with Gasteiger partial charge in [-0.2, -0.15) is 0 Å². The molecule has 0 radical (unpaired) electrons. The first-order valence-electron chi connectivity index (χ1n) is 6.68. The van der Waals surface area contributed by atoms with Crippen molar-refractivity contribution in [3.63, 3.8) is 0 Å². The minimum absolute atomic E-state index is 0.104. The molecule has 6 heteroatoms. The third-order valence-corrected chi connectivity index (χ3v) is 4.09. The van der Waals surface area contributed by atoms with E-state index in [0.29, 0.717) is 29.4 Å². The third-order valence-electron chi connectivity index (χ3n) is 3.23. The maximum atomic E-state index is 12.6. The van der Waals surface area contributed by atoms with Gasteiger partial charge in [0.05, 0.1) is 27.9 Å². The summed E-state index contributed by atoms with van der Waals surface area (Å²) in [5, 5.41) is 1.99. The van der Waals surface area contributed by atoms with Crippen LogP contribution in [-0.2, 0) is 6.54 Å². The van der Waals surface area contributed by atoms with Crippen molar-refractivity contribution in [1.82, 2.24) is 4.90 Å². The summed E-state index contributed by atoms with van der Waals surface area (Å²) in [4.78, 5) is 15.4. The van der Waals surface area contributed by atoms with Gasteiger partial charge in [0.2, 0.25) is 5.75 Å². The molecule has 0 spiro atoms. The molecular weight excluding hydrogens is 302 g/mol. The Morgan fingerprint density at radius 1 is 1.14 bits per heavy atom. The predicted molar refractivity (Wildman–Crippen MR) is 86.2 cm³/mol. The molecule has 2 rings (SSSR count). The number of carbonyl (C=O) groups is 1. The van der Waals surface area contributed by atoms with Crippen LogP contribution in [0.2, 0.25) is 0 Å². The number of rotatable bonds is 6. The van der Waals surface area contributed by atoms with Crippen LogP contribution in [-0.4, -0.2) is 39.2 Å². The standard InChI is InChI=1S/C16H19NO4S/c1-17(10-12-6-5-7-22-12)16(18)11-8-13(19-2)15(21-4)14(9-11)20-3/h5-9H,10H2,1-4H3. The van der Waals surface area contributed by atoms with Crippen molar-refractivity contribution in [2.24, 2.45) is 0 Å². The molecule has 0 atom stereocenters. The molecule has 0 bridgehead atoms. The van der Waals surface area contributed by atoms with E-state index < -0.39 is 0 Å². The largest absolute Gasteiger partial charge is 0.493 e. The van der Waals surface area contributed by atoms with Crippen LogP contribution in [0, 0.1) is 0 Å². The van der Waals surface area contributed by atoms with Crippen LogP contribution >= 0.6 is 11.3 Å². The minimum atomic E-state index is -0.104. The highest BCUT2D eigenvalue weighted by molar-refractivity contribution is 7.09. The molecular formula is C16H19NO4S. The van der Waals surface area contributed by atoms with Crippen LogP contribution in [0.15, 0.2) is 29.6 Å². The zero-order chi connectivity index (χ0) is 16.1. The maximum absolute atomic E-state index is 12.6. The quantitative estimate of drug-likeness (QED) is 0.820. The van der Waals surface area contributed by atoms with E-state index in [2.05, 4.69) is 0 Å². The number of amides is 1. The Bertz CT molecular complexity index is 615. The Hall–Kier alpha value is -2.21. The fourth-order valence-electron chi connectivity index (χ4n) is 2.13.